The third-order valence-corrected chi connectivity index (χ3v) is 5.28. The van der Waals surface area contributed by atoms with Gasteiger partial charge in [0.05, 0.1) is 18.5 Å². The van der Waals surface area contributed by atoms with Crippen molar-refractivity contribution >= 4 is 28.2 Å². The van der Waals surface area contributed by atoms with E-state index in [4.69, 9.17) is 14.7 Å². The molecule has 0 unspecified atom stereocenters. The number of methoxy groups -OCH3 is 1. The molecule has 3 aromatic rings. The second kappa shape index (κ2) is 9.22. The van der Waals surface area contributed by atoms with Crippen molar-refractivity contribution in [1.29, 1.82) is 0 Å². The number of aryl methyl sites for hydroxylation is 1. The first-order valence-corrected chi connectivity index (χ1v) is 11.5. The van der Waals surface area contributed by atoms with Gasteiger partial charge in [0.25, 0.3) is 0 Å². The second-order valence-electron chi connectivity index (χ2n) is 9.38. The molecule has 0 amide bonds. The van der Waals surface area contributed by atoms with Gasteiger partial charge in [-0.15, -0.1) is 5.10 Å². The Kier molecular flexibility index (Phi) is 6.39. The zero-order valence-corrected chi connectivity index (χ0v) is 19.7. The van der Waals surface area contributed by atoms with Gasteiger partial charge < -0.3 is 20.2 Å². The van der Waals surface area contributed by atoms with Crippen LogP contribution in [0.25, 0.3) is 10.9 Å². The van der Waals surface area contributed by atoms with Gasteiger partial charge >= 0.3 is 0 Å². The Labute approximate surface area is 189 Å². The first-order chi connectivity index (χ1) is 15.4. The lowest BCUT2D eigenvalue weighted by Crippen LogP contribution is -2.32. The van der Waals surface area contributed by atoms with Crippen LogP contribution in [-0.2, 0) is 6.42 Å². The van der Waals surface area contributed by atoms with Crippen LogP contribution in [0.1, 0.15) is 65.5 Å². The minimum Gasteiger partial charge on any atom is -0.494 e. The summed E-state index contributed by atoms with van der Waals surface area (Å²) in [5, 5.41) is 12.7. The molecule has 8 nitrogen and oxygen atoms in total. The summed E-state index contributed by atoms with van der Waals surface area (Å²) < 4.78 is 5.71. The van der Waals surface area contributed by atoms with Gasteiger partial charge in [-0.25, -0.2) is 9.97 Å². The fourth-order valence-corrected chi connectivity index (χ4v) is 3.58. The van der Waals surface area contributed by atoms with Crippen LogP contribution in [0.15, 0.2) is 24.5 Å². The molecule has 8 heteroatoms. The highest BCUT2D eigenvalue weighted by atomic mass is 16.7. The van der Waals surface area contributed by atoms with Gasteiger partial charge in [0, 0.05) is 23.6 Å². The molecule has 32 heavy (non-hydrogen) atoms. The van der Waals surface area contributed by atoms with Crippen LogP contribution in [0.3, 0.4) is 0 Å². The Morgan fingerprint density at radius 1 is 1.09 bits per heavy atom. The Morgan fingerprint density at radius 3 is 2.56 bits per heavy atom. The quantitative estimate of drug-likeness (QED) is 0.425. The van der Waals surface area contributed by atoms with Crippen molar-refractivity contribution in [2.75, 3.05) is 17.7 Å². The number of anilines is 3. The standard InChI is InChI=1S/C24H34N6O2/c1-6-7-8-9-18-17-12-19(28-23-14-22(25-15-26-23)27-16-10-11-16)21(31-5)13-20(17)30(29-18)32-24(2,3)4/h12-16H,6-11H2,1-5H3,(H2,25,26,27,28). The first kappa shape index (κ1) is 22.2. The van der Waals surface area contributed by atoms with Gasteiger partial charge in [-0.3, -0.25) is 0 Å². The van der Waals surface area contributed by atoms with E-state index in [1.165, 1.54) is 25.7 Å². The average Bonchev–Trinajstić information content (AvgIpc) is 3.50. The minimum absolute atomic E-state index is 0.365. The van der Waals surface area contributed by atoms with Crippen molar-refractivity contribution in [3.05, 3.63) is 30.2 Å². The molecule has 0 bridgehead atoms. The van der Waals surface area contributed by atoms with E-state index < -0.39 is 0 Å². The molecule has 0 spiro atoms. The van der Waals surface area contributed by atoms with Gasteiger partial charge in [-0.1, -0.05) is 24.6 Å². The van der Waals surface area contributed by atoms with E-state index in [9.17, 15) is 0 Å². The number of benzene rings is 1. The molecule has 4 rings (SSSR count). The molecule has 1 aliphatic rings. The number of fused-ring (bicyclic) bond motifs is 1. The Bertz CT molecular complexity index is 1070. The number of aromatic nitrogens is 4. The van der Waals surface area contributed by atoms with Crippen molar-refractivity contribution in [3.8, 4) is 5.75 Å². The molecule has 2 N–H and O–H groups in total. The number of rotatable bonds is 10. The van der Waals surface area contributed by atoms with E-state index in [2.05, 4.69) is 33.6 Å². The fraction of sp³-hybridized carbons (Fsp3) is 0.542. The van der Waals surface area contributed by atoms with Crippen molar-refractivity contribution in [1.82, 2.24) is 19.9 Å². The maximum Gasteiger partial charge on any atom is 0.144 e. The molecular weight excluding hydrogens is 404 g/mol. The summed E-state index contributed by atoms with van der Waals surface area (Å²) in [4.78, 5) is 16.5. The lowest BCUT2D eigenvalue weighted by Gasteiger charge is -2.20. The molecule has 1 aromatic carbocycles. The van der Waals surface area contributed by atoms with E-state index in [0.717, 1.165) is 40.9 Å². The van der Waals surface area contributed by atoms with Crippen LogP contribution in [-0.4, -0.2) is 38.7 Å². The van der Waals surface area contributed by atoms with Crippen molar-refractivity contribution in [2.45, 2.75) is 77.9 Å². The zero-order valence-electron chi connectivity index (χ0n) is 19.7. The van der Waals surface area contributed by atoms with Gasteiger partial charge in [0.15, 0.2) is 0 Å². The number of unbranched alkanes of at least 4 members (excludes halogenated alkanes) is 2. The Hall–Kier alpha value is -3.03. The number of nitrogens with one attached hydrogen (secondary N) is 2. The Morgan fingerprint density at radius 2 is 1.88 bits per heavy atom. The molecular formula is C24H34N6O2. The lowest BCUT2D eigenvalue weighted by atomic mass is 10.1. The van der Waals surface area contributed by atoms with Crippen molar-refractivity contribution in [2.24, 2.45) is 0 Å². The topological polar surface area (TPSA) is 86.1 Å². The van der Waals surface area contributed by atoms with E-state index in [0.29, 0.717) is 17.6 Å². The predicted octanol–water partition coefficient (Wildman–Crippen LogP) is 5.11. The molecule has 0 aliphatic heterocycles. The zero-order chi connectivity index (χ0) is 22.7. The third kappa shape index (κ3) is 5.41. The number of hydrogen-bond donors (Lipinski definition) is 2. The summed E-state index contributed by atoms with van der Waals surface area (Å²) in [5.74, 6) is 2.25. The molecule has 0 radical (unpaired) electrons. The first-order valence-electron chi connectivity index (χ1n) is 11.5. The maximum atomic E-state index is 6.12. The average molecular weight is 439 g/mol. The highest BCUT2D eigenvalue weighted by molar-refractivity contribution is 5.89. The summed E-state index contributed by atoms with van der Waals surface area (Å²) in [7, 11) is 1.67. The number of ether oxygens (including phenoxy) is 1. The molecule has 0 saturated heterocycles. The molecule has 0 atom stereocenters. The van der Waals surface area contributed by atoms with Crippen LogP contribution in [0.5, 0.6) is 5.75 Å². The fourth-order valence-electron chi connectivity index (χ4n) is 3.58. The normalized spacial score (nSPS) is 13.9. The van der Waals surface area contributed by atoms with E-state index in [1.54, 1.807) is 18.3 Å². The van der Waals surface area contributed by atoms with Crippen LogP contribution >= 0.6 is 0 Å². The van der Waals surface area contributed by atoms with E-state index >= 15 is 0 Å². The minimum atomic E-state index is -0.365. The van der Waals surface area contributed by atoms with E-state index in [1.807, 2.05) is 32.9 Å². The van der Waals surface area contributed by atoms with Crippen LogP contribution in [0, 0.1) is 0 Å². The lowest BCUT2D eigenvalue weighted by molar-refractivity contribution is -0.0274. The monoisotopic (exact) mass is 438 g/mol. The number of hydrogen-bond acceptors (Lipinski definition) is 7. The second-order valence-corrected chi connectivity index (χ2v) is 9.38. The molecule has 1 fully saturated rings. The highest BCUT2D eigenvalue weighted by Gasteiger charge is 2.22. The summed E-state index contributed by atoms with van der Waals surface area (Å²) in [6, 6.07) is 6.52. The summed E-state index contributed by atoms with van der Waals surface area (Å²) in [5.41, 5.74) is 2.40. The summed E-state index contributed by atoms with van der Waals surface area (Å²) in [6.07, 6.45) is 8.30. The SMILES string of the molecule is CCCCCc1nn(OC(C)(C)C)c2cc(OC)c(Nc3cc(NC4CC4)ncn3)cc12. The maximum absolute atomic E-state index is 6.12. The van der Waals surface area contributed by atoms with Crippen LogP contribution in [0.4, 0.5) is 17.3 Å². The number of nitrogens with zero attached hydrogens (tertiary/aromatic N) is 4. The van der Waals surface area contributed by atoms with Gasteiger partial charge in [0.2, 0.25) is 0 Å². The molecule has 1 aliphatic carbocycles. The highest BCUT2D eigenvalue weighted by Crippen LogP contribution is 2.35. The van der Waals surface area contributed by atoms with Gasteiger partial charge in [-0.2, -0.15) is 0 Å². The van der Waals surface area contributed by atoms with Gasteiger partial charge in [0.1, 0.15) is 34.8 Å². The predicted molar refractivity (Wildman–Crippen MR) is 128 cm³/mol. The third-order valence-electron chi connectivity index (χ3n) is 5.28. The van der Waals surface area contributed by atoms with E-state index in [-0.39, 0.29) is 5.60 Å². The molecule has 2 aromatic heterocycles. The smallest absolute Gasteiger partial charge is 0.144 e. The van der Waals surface area contributed by atoms with Gasteiger partial charge in [-0.05, 0) is 52.5 Å². The summed E-state index contributed by atoms with van der Waals surface area (Å²) in [6.45, 7) is 8.27. The van der Waals surface area contributed by atoms with Crippen molar-refractivity contribution < 1.29 is 9.57 Å². The van der Waals surface area contributed by atoms with Crippen molar-refractivity contribution in [3.63, 3.8) is 0 Å². The van der Waals surface area contributed by atoms with Crippen LogP contribution in [0.2, 0.25) is 0 Å². The molecule has 1 saturated carbocycles. The molecule has 2 heterocycles. The Balaban J connectivity index is 1.69. The largest absolute Gasteiger partial charge is 0.494 e. The molecule has 172 valence electrons. The summed E-state index contributed by atoms with van der Waals surface area (Å²) >= 11 is 0. The van der Waals surface area contributed by atoms with Crippen LogP contribution < -0.4 is 20.2 Å².